The molecule has 2 aliphatic rings. The van der Waals surface area contributed by atoms with Gasteiger partial charge in [-0.05, 0) is 60.4 Å². The number of nitrogens with one attached hydrogen (secondary N) is 1. The van der Waals surface area contributed by atoms with Crippen molar-refractivity contribution in [3.63, 3.8) is 0 Å². The van der Waals surface area contributed by atoms with Gasteiger partial charge < -0.3 is 10.1 Å². The summed E-state index contributed by atoms with van der Waals surface area (Å²) in [4.78, 5) is 13.1. The molecule has 1 amide bonds. The van der Waals surface area contributed by atoms with Crippen LogP contribution in [0.1, 0.15) is 36.8 Å². The highest BCUT2D eigenvalue weighted by Crippen LogP contribution is 2.44. The Bertz CT molecular complexity index is 795. The maximum absolute atomic E-state index is 13.1. The molecule has 2 saturated carbocycles. The molecular weight excluding hydrogens is 322 g/mol. The van der Waals surface area contributed by atoms with E-state index in [0.717, 1.165) is 34.8 Å². The van der Waals surface area contributed by atoms with E-state index >= 15 is 0 Å². The zero-order valence-electron chi connectivity index (χ0n) is 15.2. The summed E-state index contributed by atoms with van der Waals surface area (Å²) in [6.45, 7) is 0. The first-order valence-electron chi connectivity index (χ1n) is 9.45. The number of carbonyl (C=O) groups is 1. The summed E-state index contributed by atoms with van der Waals surface area (Å²) in [7, 11) is 1.66. The smallest absolute Gasteiger partial charge is 0.252 e. The maximum atomic E-state index is 13.1. The Balaban J connectivity index is 1.60. The second-order valence-corrected chi connectivity index (χ2v) is 7.45. The van der Waals surface area contributed by atoms with Crippen molar-refractivity contribution in [2.45, 2.75) is 31.7 Å². The van der Waals surface area contributed by atoms with Crippen molar-refractivity contribution in [3.05, 3.63) is 65.7 Å². The molecule has 3 nitrogen and oxygen atoms in total. The molecule has 134 valence electrons. The monoisotopic (exact) mass is 347 g/mol. The molecule has 1 N–H and O–H groups in total. The molecule has 0 aliphatic heterocycles. The molecule has 0 heterocycles. The topological polar surface area (TPSA) is 38.3 Å². The summed E-state index contributed by atoms with van der Waals surface area (Å²) < 4.78 is 5.22. The Kier molecular flexibility index (Phi) is 4.79. The third kappa shape index (κ3) is 3.52. The van der Waals surface area contributed by atoms with E-state index in [-0.39, 0.29) is 5.91 Å². The van der Waals surface area contributed by atoms with Crippen LogP contribution in [0.5, 0.6) is 5.75 Å². The van der Waals surface area contributed by atoms with Gasteiger partial charge >= 0.3 is 0 Å². The van der Waals surface area contributed by atoms with Crippen LogP contribution in [0.2, 0.25) is 0 Å². The van der Waals surface area contributed by atoms with Crippen molar-refractivity contribution in [3.8, 4) is 5.75 Å². The fourth-order valence-electron chi connectivity index (χ4n) is 4.43. The van der Waals surface area contributed by atoms with E-state index in [4.69, 9.17) is 4.74 Å². The average molecular weight is 347 g/mol. The van der Waals surface area contributed by atoms with E-state index in [1.165, 1.54) is 19.3 Å². The summed E-state index contributed by atoms with van der Waals surface area (Å²) in [6, 6.07) is 18.0. The highest BCUT2D eigenvalue weighted by atomic mass is 16.5. The minimum Gasteiger partial charge on any atom is -0.497 e. The van der Waals surface area contributed by atoms with Crippen LogP contribution >= 0.6 is 0 Å². The second kappa shape index (κ2) is 7.36. The number of rotatable bonds is 5. The van der Waals surface area contributed by atoms with Gasteiger partial charge in [0, 0.05) is 11.6 Å². The first-order chi connectivity index (χ1) is 12.7. The Hall–Kier alpha value is -2.55. The molecule has 2 aromatic carbocycles. The predicted octanol–water partition coefficient (Wildman–Crippen LogP) is 4.54. The normalized spacial score (nSPS) is 24.5. The molecule has 2 bridgehead atoms. The lowest BCUT2D eigenvalue weighted by Crippen LogP contribution is -2.38. The third-order valence-corrected chi connectivity index (χ3v) is 5.81. The zero-order chi connectivity index (χ0) is 17.9. The molecule has 2 fully saturated rings. The molecule has 2 aliphatic carbocycles. The number of hydrogen-bond donors (Lipinski definition) is 1. The molecule has 0 saturated heterocycles. The maximum Gasteiger partial charge on any atom is 0.252 e. The van der Waals surface area contributed by atoms with Crippen molar-refractivity contribution >= 4 is 17.6 Å². The van der Waals surface area contributed by atoms with Gasteiger partial charge in [0.15, 0.2) is 0 Å². The molecule has 4 rings (SSSR count). The molecule has 3 atom stereocenters. The van der Waals surface area contributed by atoms with Crippen LogP contribution in [0.15, 0.2) is 54.6 Å². The lowest BCUT2D eigenvalue weighted by molar-refractivity contribution is -0.116. The molecule has 3 unspecified atom stereocenters. The molecule has 0 radical (unpaired) electrons. The van der Waals surface area contributed by atoms with Crippen LogP contribution in [0, 0.1) is 11.8 Å². The van der Waals surface area contributed by atoms with E-state index in [1.54, 1.807) is 7.11 Å². The SMILES string of the molecule is COc1ccc(C=C(C(=O)NC2CC3CCC2C3)c2ccccc2)cc1. The summed E-state index contributed by atoms with van der Waals surface area (Å²) in [5.74, 6) is 2.33. The van der Waals surface area contributed by atoms with Crippen molar-refractivity contribution < 1.29 is 9.53 Å². The van der Waals surface area contributed by atoms with Gasteiger partial charge in [-0.25, -0.2) is 0 Å². The first kappa shape index (κ1) is 16.9. The fourth-order valence-corrected chi connectivity index (χ4v) is 4.43. The molecule has 0 spiro atoms. The van der Waals surface area contributed by atoms with Crippen molar-refractivity contribution in [2.24, 2.45) is 11.8 Å². The Morgan fingerprint density at radius 1 is 1.04 bits per heavy atom. The van der Waals surface area contributed by atoms with Crippen LogP contribution in [0.25, 0.3) is 11.6 Å². The number of ether oxygens (including phenoxy) is 1. The Morgan fingerprint density at radius 3 is 2.42 bits per heavy atom. The lowest BCUT2D eigenvalue weighted by atomic mass is 9.94. The van der Waals surface area contributed by atoms with Gasteiger partial charge in [-0.1, -0.05) is 48.9 Å². The van der Waals surface area contributed by atoms with Gasteiger partial charge in [-0.2, -0.15) is 0 Å². The van der Waals surface area contributed by atoms with Crippen molar-refractivity contribution in [2.75, 3.05) is 7.11 Å². The minimum absolute atomic E-state index is 0.0320. The van der Waals surface area contributed by atoms with Gasteiger partial charge in [0.25, 0.3) is 5.91 Å². The van der Waals surface area contributed by atoms with E-state index in [9.17, 15) is 4.79 Å². The molecular formula is C23H25NO2. The standard InChI is InChI=1S/C23H25NO2/c1-26-20-11-8-16(9-12-20)14-21(18-5-3-2-4-6-18)23(25)24-22-15-17-7-10-19(22)13-17/h2-6,8-9,11-12,14,17,19,22H,7,10,13,15H2,1H3,(H,24,25). The van der Waals surface area contributed by atoms with E-state index in [0.29, 0.717) is 12.0 Å². The average Bonchev–Trinajstić information content (AvgIpc) is 3.30. The van der Waals surface area contributed by atoms with Gasteiger partial charge in [0.2, 0.25) is 0 Å². The quantitative estimate of drug-likeness (QED) is 0.637. The lowest BCUT2D eigenvalue weighted by Gasteiger charge is -2.23. The third-order valence-electron chi connectivity index (χ3n) is 5.81. The van der Waals surface area contributed by atoms with E-state index in [1.807, 2.05) is 60.7 Å². The predicted molar refractivity (Wildman–Crippen MR) is 105 cm³/mol. The fraction of sp³-hybridized carbons (Fsp3) is 0.348. The number of hydrogen-bond acceptors (Lipinski definition) is 2. The van der Waals surface area contributed by atoms with Gasteiger partial charge in [-0.15, -0.1) is 0 Å². The van der Waals surface area contributed by atoms with E-state index < -0.39 is 0 Å². The largest absolute Gasteiger partial charge is 0.497 e. The summed E-state index contributed by atoms with van der Waals surface area (Å²) in [5, 5.41) is 3.32. The first-order valence-corrected chi connectivity index (χ1v) is 9.45. The van der Waals surface area contributed by atoms with Crippen LogP contribution in [0.3, 0.4) is 0 Å². The minimum atomic E-state index is 0.0320. The van der Waals surface area contributed by atoms with Gasteiger partial charge in [0.1, 0.15) is 5.75 Å². The number of amides is 1. The van der Waals surface area contributed by atoms with E-state index in [2.05, 4.69) is 5.32 Å². The highest BCUT2D eigenvalue weighted by Gasteiger charge is 2.40. The number of methoxy groups -OCH3 is 1. The van der Waals surface area contributed by atoms with Crippen LogP contribution in [0.4, 0.5) is 0 Å². The van der Waals surface area contributed by atoms with Crippen molar-refractivity contribution in [1.82, 2.24) is 5.32 Å². The number of fused-ring (bicyclic) bond motifs is 2. The number of benzene rings is 2. The molecule has 2 aromatic rings. The summed E-state index contributed by atoms with van der Waals surface area (Å²) in [5.41, 5.74) is 2.66. The molecule has 26 heavy (non-hydrogen) atoms. The second-order valence-electron chi connectivity index (χ2n) is 7.45. The van der Waals surface area contributed by atoms with Gasteiger partial charge in [-0.3, -0.25) is 4.79 Å². The number of carbonyl (C=O) groups excluding carboxylic acids is 1. The van der Waals surface area contributed by atoms with Crippen LogP contribution in [-0.2, 0) is 4.79 Å². The summed E-state index contributed by atoms with van der Waals surface area (Å²) >= 11 is 0. The van der Waals surface area contributed by atoms with Crippen LogP contribution in [-0.4, -0.2) is 19.1 Å². The molecule has 0 aromatic heterocycles. The molecule has 3 heteroatoms. The Morgan fingerprint density at radius 2 is 1.81 bits per heavy atom. The Labute approximate surface area is 155 Å². The zero-order valence-corrected chi connectivity index (χ0v) is 15.2. The van der Waals surface area contributed by atoms with Crippen LogP contribution < -0.4 is 10.1 Å². The highest BCUT2D eigenvalue weighted by molar-refractivity contribution is 6.24. The summed E-state index contributed by atoms with van der Waals surface area (Å²) in [6.07, 6.45) is 6.99. The van der Waals surface area contributed by atoms with Crippen molar-refractivity contribution in [1.29, 1.82) is 0 Å². The van der Waals surface area contributed by atoms with Gasteiger partial charge in [0.05, 0.1) is 7.11 Å².